The van der Waals surface area contributed by atoms with E-state index in [1.807, 2.05) is 13.0 Å². The third kappa shape index (κ3) is 5.06. The van der Waals surface area contributed by atoms with Crippen molar-refractivity contribution in [2.75, 3.05) is 6.61 Å². The first kappa shape index (κ1) is 12.7. The molecule has 0 aromatic carbocycles. The summed E-state index contributed by atoms with van der Waals surface area (Å²) in [6.07, 6.45) is 3.01. The molecule has 0 spiro atoms. The molecule has 0 radical (unpaired) electrons. The van der Waals surface area contributed by atoms with Gasteiger partial charge in [0.2, 0.25) is 0 Å². The van der Waals surface area contributed by atoms with Crippen LogP contribution in [0.4, 0.5) is 0 Å². The fraction of sp³-hybridized carbons (Fsp3) is 0.818. The van der Waals surface area contributed by atoms with E-state index in [-0.39, 0.29) is 12.2 Å². The summed E-state index contributed by atoms with van der Waals surface area (Å²) in [5, 5.41) is 9.77. The highest BCUT2D eigenvalue weighted by Gasteiger charge is 2.21. The van der Waals surface area contributed by atoms with Crippen molar-refractivity contribution in [3.8, 4) is 0 Å². The van der Waals surface area contributed by atoms with Crippen LogP contribution in [0.5, 0.6) is 0 Å². The standard InChI is InChI=1S/C11H22O2/c1-5-7-8-10(12)11(9(3)4)13-6-2/h5,9-12H,1,6-8H2,2-4H3. The van der Waals surface area contributed by atoms with Crippen molar-refractivity contribution in [3.05, 3.63) is 12.7 Å². The van der Waals surface area contributed by atoms with Crippen LogP contribution in [-0.2, 0) is 4.74 Å². The average Bonchev–Trinajstić information content (AvgIpc) is 2.09. The van der Waals surface area contributed by atoms with Crippen molar-refractivity contribution < 1.29 is 9.84 Å². The van der Waals surface area contributed by atoms with Crippen LogP contribution in [0, 0.1) is 5.92 Å². The number of hydrogen-bond donors (Lipinski definition) is 1. The molecule has 2 heteroatoms. The molecule has 2 unspecified atom stereocenters. The molecule has 78 valence electrons. The van der Waals surface area contributed by atoms with Crippen LogP contribution in [0.1, 0.15) is 33.6 Å². The van der Waals surface area contributed by atoms with Gasteiger partial charge in [0.05, 0.1) is 12.2 Å². The molecule has 0 rings (SSSR count). The fourth-order valence-corrected chi connectivity index (χ4v) is 1.39. The first-order valence-electron chi connectivity index (χ1n) is 5.04. The molecular weight excluding hydrogens is 164 g/mol. The van der Waals surface area contributed by atoms with Crippen LogP contribution in [0.25, 0.3) is 0 Å². The summed E-state index contributed by atoms with van der Waals surface area (Å²) in [6, 6.07) is 0. The van der Waals surface area contributed by atoms with Crippen molar-refractivity contribution in [3.63, 3.8) is 0 Å². The van der Waals surface area contributed by atoms with Crippen molar-refractivity contribution in [2.24, 2.45) is 5.92 Å². The van der Waals surface area contributed by atoms with Gasteiger partial charge in [0.25, 0.3) is 0 Å². The molecule has 0 fully saturated rings. The van der Waals surface area contributed by atoms with Crippen LogP contribution < -0.4 is 0 Å². The Morgan fingerprint density at radius 2 is 2.08 bits per heavy atom. The number of ether oxygens (including phenoxy) is 1. The average molecular weight is 186 g/mol. The second kappa shape index (κ2) is 7.10. The predicted octanol–water partition coefficient (Wildman–Crippen LogP) is 2.37. The number of hydrogen-bond acceptors (Lipinski definition) is 2. The number of aliphatic hydroxyl groups excluding tert-OH is 1. The van der Waals surface area contributed by atoms with Gasteiger partial charge in [-0.3, -0.25) is 0 Å². The summed E-state index contributed by atoms with van der Waals surface area (Å²) in [7, 11) is 0. The van der Waals surface area contributed by atoms with E-state index in [0.29, 0.717) is 12.5 Å². The Morgan fingerprint density at radius 1 is 1.46 bits per heavy atom. The van der Waals surface area contributed by atoms with E-state index in [1.165, 1.54) is 0 Å². The Morgan fingerprint density at radius 3 is 2.46 bits per heavy atom. The normalized spacial score (nSPS) is 15.8. The zero-order valence-electron chi connectivity index (χ0n) is 8.99. The highest BCUT2D eigenvalue weighted by molar-refractivity contribution is 4.76. The first-order chi connectivity index (χ1) is 6.13. The second-order valence-electron chi connectivity index (χ2n) is 3.60. The Balaban J connectivity index is 3.94. The van der Waals surface area contributed by atoms with Gasteiger partial charge in [-0.25, -0.2) is 0 Å². The van der Waals surface area contributed by atoms with E-state index >= 15 is 0 Å². The van der Waals surface area contributed by atoms with Crippen molar-refractivity contribution in [1.82, 2.24) is 0 Å². The van der Waals surface area contributed by atoms with E-state index in [9.17, 15) is 5.11 Å². The van der Waals surface area contributed by atoms with E-state index in [0.717, 1.165) is 12.8 Å². The first-order valence-corrected chi connectivity index (χ1v) is 5.04. The molecule has 2 nitrogen and oxygen atoms in total. The van der Waals surface area contributed by atoms with Crippen LogP contribution in [0.2, 0.25) is 0 Å². The maximum atomic E-state index is 9.77. The molecule has 2 atom stereocenters. The lowest BCUT2D eigenvalue weighted by Gasteiger charge is -2.25. The summed E-state index contributed by atoms with van der Waals surface area (Å²) < 4.78 is 5.48. The quantitative estimate of drug-likeness (QED) is 0.618. The molecule has 0 aromatic rings. The molecular formula is C11H22O2. The number of aliphatic hydroxyl groups is 1. The highest BCUT2D eigenvalue weighted by Crippen LogP contribution is 2.15. The lowest BCUT2D eigenvalue weighted by molar-refractivity contribution is -0.0591. The summed E-state index contributed by atoms with van der Waals surface area (Å²) in [4.78, 5) is 0. The largest absolute Gasteiger partial charge is 0.390 e. The van der Waals surface area contributed by atoms with Crippen molar-refractivity contribution >= 4 is 0 Å². The summed E-state index contributed by atoms with van der Waals surface area (Å²) in [5.41, 5.74) is 0. The van der Waals surface area contributed by atoms with E-state index in [4.69, 9.17) is 4.74 Å². The monoisotopic (exact) mass is 186 g/mol. The van der Waals surface area contributed by atoms with Crippen molar-refractivity contribution in [1.29, 1.82) is 0 Å². The van der Waals surface area contributed by atoms with Gasteiger partial charge < -0.3 is 9.84 Å². The molecule has 0 saturated carbocycles. The van der Waals surface area contributed by atoms with E-state index in [2.05, 4.69) is 20.4 Å². The molecule has 0 aromatic heterocycles. The van der Waals surface area contributed by atoms with Crippen LogP contribution >= 0.6 is 0 Å². The summed E-state index contributed by atoms with van der Waals surface area (Å²) in [6.45, 7) is 10.4. The molecule has 13 heavy (non-hydrogen) atoms. The fourth-order valence-electron chi connectivity index (χ4n) is 1.39. The molecule has 0 saturated heterocycles. The third-order valence-corrected chi connectivity index (χ3v) is 2.06. The van der Waals surface area contributed by atoms with Gasteiger partial charge in [0.1, 0.15) is 0 Å². The third-order valence-electron chi connectivity index (χ3n) is 2.06. The number of rotatable bonds is 7. The Hall–Kier alpha value is -0.340. The zero-order valence-corrected chi connectivity index (χ0v) is 8.99. The van der Waals surface area contributed by atoms with E-state index in [1.54, 1.807) is 0 Å². The SMILES string of the molecule is C=CCCC(O)C(OCC)C(C)C. The molecule has 0 bridgehead atoms. The van der Waals surface area contributed by atoms with Crippen LogP contribution in [0.15, 0.2) is 12.7 Å². The lowest BCUT2D eigenvalue weighted by Crippen LogP contribution is -2.33. The van der Waals surface area contributed by atoms with Gasteiger partial charge in [-0.05, 0) is 25.7 Å². The smallest absolute Gasteiger partial charge is 0.0856 e. The highest BCUT2D eigenvalue weighted by atomic mass is 16.5. The zero-order chi connectivity index (χ0) is 10.3. The molecule has 0 aliphatic carbocycles. The molecule has 0 heterocycles. The second-order valence-corrected chi connectivity index (χ2v) is 3.60. The Bertz CT molecular complexity index is 132. The van der Waals surface area contributed by atoms with Gasteiger partial charge in [0.15, 0.2) is 0 Å². The minimum atomic E-state index is -0.363. The molecule has 0 aliphatic rings. The Kier molecular flexibility index (Phi) is 6.92. The van der Waals surface area contributed by atoms with Crippen molar-refractivity contribution in [2.45, 2.75) is 45.8 Å². The maximum absolute atomic E-state index is 9.77. The van der Waals surface area contributed by atoms with Gasteiger partial charge in [-0.15, -0.1) is 6.58 Å². The van der Waals surface area contributed by atoms with Gasteiger partial charge >= 0.3 is 0 Å². The minimum absolute atomic E-state index is 0.0371. The van der Waals surface area contributed by atoms with Crippen LogP contribution in [0.3, 0.4) is 0 Å². The van der Waals surface area contributed by atoms with Crippen LogP contribution in [-0.4, -0.2) is 23.9 Å². The Labute approximate surface area is 81.6 Å². The summed E-state index contributed by atoms with van der Waals surface area (Å²) in [5.74, 6) is 0.361. The minimum Gasteiger partial charge on any atom is -0.390 e. The molecule has 1 N–H and O–H groups in total. The molecule has 0 aliphatic heterocycles. The topological polar surface area (TPSA) is 29.5 Å². The molecule has 0 amide bonds. The van der Waals surface area contributed by atoms with Gasteiger partial charge in [0, 0.05) is 6.61 Å². The maximum Gasteiger partial charge on any atom is 0.0856 e. The van der Waals surface area contributed by atoms with Gasteiger partial charge in [-0.1, -0.05) is 19.9 Å². The van der Waals surface area contributed by atoms with Gasteiger partial charge in [-0.2, -0.15) is 0 Å². The lowest BCUT2D eigenvalue weighted by atomic mass is 9.98. The summed E-state index contributed by atoms with van der Waals surface area (Å²) >= 11 is 0. The predicted molar refractivity (Wildman–Crippen MR) is 55.7 cm³/mol. The van der Waals surface area contributed by atoms with E-state index < -0.39 is 0 Å². The number of allylic oxidation sites excluding steroid dienone is 1.